The first-order chi connectivity index (χ1) is 32.2. The van der Waals surface area contributed by atoms with Crippen LogP contribution in [0.15, 0.2) is 211 Å². The molecule has 0 atom stereocenters. The van der Waals surface area contributed by atoms with Crippen molar-refractivity contribution in [2.45, 2.75) is 0 Å². The fraction of sp³-hybridized carbons (Fsp3) is 0. The topological polar surface area (TPSA) is 56.7 Å². The number of furan rings is 1. The summed E-state index contributed by atoms with van der Waals surface area (Å²) < 4.78 is 11.3. The molecule has 4 aromatic heterocycles. The van der Waals surface area contributed by atoms with Crippen LogP contribution in [0.5, 0.6) is 0 Å². The van der Waals surface area contributed by atoms with Crippen molar-refractivity contribution in [2.75, 3.05) is 0 Å². The number of rotatable bonds is 5. The highest BCUT2D eigenvalue weighted by Crippen LogP contribution is 2.45. The molecule has 0 saturated heterocycles. The Bertz CT molecular complexity index is 4260. The predicted molar refractivity (Wildman–Crippen MR) is 271 cm³/mol. The van der Waals surface area contributed by atoms with E-state index in [2.05, 4.69) is 156 Å². The zero-order chi connectivity index (χ0) is 42.6. The molecule has 0 N–H and O–H groups in total. The van der Waals surface area contributed by atoms with Crippen LogP contribution in [0, 0.1) is 0 Å². The van der Waals surface area contributed by atoms with Gasteiger partial charge in [-0.05, 0) is 75.6 Å². The van der Waals surface area contributed by atoms with Crippen LogP contribution >= 0.6 is 11.3 Å². The molecule has 0 unspecified atom stereocenters. The number of nitrogens with zero attached hydrogens (tertiary/aromatic N) is 4. The van der Waals surface area contributed by atoms with E-state index in [1.165, 1.54) is 63.6 Å². The number of fused-ring (bicyclic) bond motifs is 13. The van der Waals surface area contributed by atoms with Crippen LogP contribution in [0.3, 0.4) is 0 Å². The van der Waals surface area contributed by atoms with Crippen LogP contribution in [-0.4, -0.2) is 19.5 Å². The van der Waals surface area contributed by atoms with Gasteiger partial charge in [0.2, 0.25) is 0 Å². The van der Waals surface area contributed by atoms with Gasteiger partial charge in [-0.2, -0.15) is 0 Å². The second kappa shape index (κ2) is 14.0. The number of aromatic nitrogens is 4. The third-order valence-corrected chi connectivity index (χ3v) is 14.1. The Labute approximate surface area is 376 Å². The minimum absolute atomic E-state index is 0.580. The molecule has 0 saturated carbocycles. The summed E-state index contributed by atoms with van der Waals surface area (Å²) in [6.07, 6.45) is 0. The van der Waals surface area contributed by atoms with Gasteiger partial charge in [-0.1, -0.05) is 158 Å². The van der Waals surface area contributed by atoms with Gasteiger partial charge in [0.25, 0.3) is 0 Å². The van der Waals surface area contributed by atoms with Crippen molar-refractivity contribution in [3.63, 3.8) is 0 Å². The lowest BCUT2D eigenvalue weighted by molar-refractivity contribution is 0.669. The van der Waals surface area contributed by atoms with Crippen molar-refractivity contribution in [3.05, 3.63) is 206 Å². The fourth-order valence-electron chi connectivity index (χ4n) is 10.1. The largest absolute Gasteiger partial charge is 0.456 e. The van der Waals surface area contributed by atoms with Crippen molar-refractivity contribution in [1.29, 1.82) is 0 Å². The van der Waals surface area contributed by atoms with E-state index < -0.39 is 0 Å². The highest BCUT2D eigenvalue weighted by Gasteiger charge is 2.21. The summed E-state index contributed by atoms with van der Waals surface area (Å²) >= 11 is 1.87. The molecule has 0 aliphatic carbocycles. The van der Waals surface area contributed by atoms with E-state index in [-0.39, 0.29) is 0 Å². The molecule has 0 bridgehead atoms. The van der Waals surface area contributed by atoms with Gasteiger partial charge in [0.05, 0.1) is 11.0 Å². The Kier molecular flexibility index (Phi) is 7.79. The number of benzene rings is 10. The Morgan fingerprint density at radius 3 is 1.82 bits per heavy atom. The predicted octanol–water partition coefficient (Wildman–Crippen LogP) is 16.2. The summed E-state index contributed by atoms with van der Waals surface area (Å²) in [5.74, 6) is 1.78. The minimum atomic E-state index is 0.580. The maximum absolute atomic E-state index is 6.32. The molecule has 302 valence electrons. The second-order valence-electron chi connectivity index (χ2n) is 16.7. The van der Waals surface area contributed by atoms with Gasteiger partial charge in [-0.15, -0.1) is 11.3 Å². The first-order valence-corrected chi connectivity index (χ1v) is 22.7. The van der Waals surface area contributed by atoms with E-state index in [0.717, 1.165) is 55.3 Å². The SMILES string of the molecule is c1ccc(-c2nc(-c3cccc(-n4c5ccc6ccccc6c5c5cccc(-c6ccc7c(c6)sc6ccc8ccccc8c67)c54)c3)nc(-c3ccc4c(c3)oc3ccccc34)n2)cc1. The number of thiophene rings is 1. The molecule has 5 nitrogen and oxygen atoms in total. The van der Waals surface area contributed by atoms with E-state index in [0.29, 0.717) is 17.5 Å². The summed E-state index contributed by atoms with van der Waals surface area (Å²) in [6, 6.07) is 73.4. The van der Waals surface area contributed by atoms with Crippen molar-refractivity contribution < 1.29 is 4.42 Å². The van der Waals surface area contributed by atoms with Crippen LogP contribution in [0.4, 0.5) is 0 Å². The van der Waals surface area contributed by atoms with Gasteiger partial charge < -0.3 is 8.98 Å². The van der Waals surface area contributed by atoms with Crippen molar-refractivity contribution in [1.82, 2.24) is 19.5 Å². The number of hydrogen-bond acceptors (Lipinski definition) is 5. The zero-order valence-electron chi connectivity index (χ0n) is 34.7. The zero-order valence-corrected chi connectivity index (χ0v) is 35.6. The molecule has 10 aromatic carbocycles. The quantitative estimate of drug-likeness (QED) is 0.173. The highest BCUT2D eigenvalue weighted by atomic mass is 32.1. The van der Waals surface area contributed by atoms with E-state index in [1.807, 2.05) is 65.9 Å². The normalized spacial score (nSPS) is 12.0. The summed E-state index contributed by atoms with van der Waals surface area (Å²) in [6.45, 7) is 0. The maximum Gasteiger partial charge on any atom is 0.164 e. The van der Waals surface area contributed by atoms with Crippen LogP contribution in [0.2, 0.25) is 0 Å². The average Bonchev–Trinajstić information content (AvgIpc) is 4.06. The molecule has 0 amide bonds. The van der Waals surface area contributed by atoms with Crippen LogP contribution in [0.1, 0.15) is 0 Å². The van der Waals surface area contributed by atoms with Gasteiger partial charge >= 0.3 is 0 Å². The van der Waals surface area contributed by atoms with Gasteiger partial charge in [-0.3, -0.25) is 0 Å². The number of para-hydroxylation sites is 2. The smallest absolute Gasteiger partial charge is 0.164 e. The van der Waals surface area contributed by atoms with Crippen LogP contribution in [-0.2, 0) is 0 Å². The minimum Gasteiger partial charge on any atom is -0.456 e. The molecule has 6 heteroatoms. The first-order valence-electron chi connectivity index (χ1n) is 21.8. The Morgan fingerprint density at radius 2 is 0.985 bits per heavy atom. The molecule has 65 heavy (non-hydrogen) atoms. The molecule has 0 radical (unpaired) electrons. The highest BCUT2D eigenvalue weighted by molar-refractivity contribution is 7.26. The van der Waals surface area contributed by atoms with Crippen LogP contribution in [0.25, 0.3) is 136 Å². The summed E-state index contributed by atoms with van der Waals surface area (Å²) in [5, 5.41) is 12.2. The molecule has 0 fully saturated rings. The standard InChI is InChI=1S/C59H34N4OS/c1-2-14-37(15-3-1)57-60-58(62-59(61-57)40-25-28-46-45-20-8-9-23-50(45)64-51(46)33-40)39-16-10-17-41(32-39)63-49-30-26-35-12-4-6-18-42(35)54(49)48-22-11-21-44(56(48)63)38-24-29-47-53(34-38)65-52-31-27-36-13-5-7-19-43(36)55(47)52/h1-34H. The van der Waals surface area contributed by atoms with Gasteiger partial charge in [0.15, 0.2) is 17.5 Å². The second-order valence-corrected chi connectivity index (χ2v) is 17.8. The van der Waals surface area contributed by atoms with E-state index in [9.17, 15) is 0 Å². The molecular formula is C59H34N4OS. The van der Waals surface area contributed by atoms with Crippen molar-refractivity contribution in [2.24, 2.45) is 0 Å². The lowest BCUT2D eigenvalue weighted by Crippen LogP contribution is -2.01. The van der Waals surface area contributed by atoms with Gasteiger partial charge in [0, 0.05) is 69.7 Å². The molecule has 14 aromatic rings. The molecule has 0 aliphatic heterocycles. The first kappa shape index (κ1) is 36.1. The Morgan fingerprint density at radius 1 is 0.369 bits per heavy atom. The third-order valence-electron chi connectivity index (χ3n) is 13.0. The van der Waals surface area contributed by atoms with E-state index >= 15 is 0 Å². The monoisotopic (exact) mass is 846 g/mol. The molecule has 4 heterocycles. The van der Waals surface area contributed by atoms with E-state index in [1.54, 1.807) is 0 Å². The Balaban J connectivity index is 0.983. The average molecular weight is 847 g/mol. The Hall–Kier alpha value is -8.45. The third kappa shape index (κ3) is 5.61. The molecular weight excluding hydrogens is 813 g/mol. The summed E-state index contributed by atoms with van der Waals surface area (Å²) in [5.41, 5.74) is 9.98. The number of hydrogen-bond donors (Lipinski definition) is 0. The van der Waals surface area contributed by atoms with Crippen molar-refractivity contribution >= 4 is 96.8 Å². The lowest BCUT2D eigenvalue weighted by Gasteiger charge is -2.14. The molecule has 0 spiro atoms. The maximum atomic E-state index is 6.32. The van der Waals surface area contributed by atoms with Crippen molar-refractivity contribution in [3.8, 4) is 51.0 Å². The summed E-state index contributed by atoms with van der Waals surface area (Å²) in [4.78, 5) is 15.4. The molecule has 0 aliphatic rings. The summed E-state index contributed by atoms with van der Waals surface area (Å²) in [7, 11) is 0. The van der Waals surface area contributed by atoms with E-state index in [4.69, 9.17) is 19.4 Å². The van der Waals surface area contributed by atoms with Crippen LogP contribution < -0.4 is 0 Å². The van der Waals surface area contributed by atoms with Gasteiger partial charge in [0.1, 0.15) is 11.2 Å². The fourth-order valence-corrected chi connectivity index (χ4v) is 11.2. The lowest BCUT2D eigenvalue weighted by atomic mass is 9.98. The van der Waals surface area contributed by atoms with Gasteiger partial charge in [-0.25, -0.2) is 15.0 Å². The molecule has 14 rings (SSSR count).